The van der Waals surface area contributed by atoms with Crippen LogP contribution >= 0.6 is 0 Å². The number of ether oxygens (including phenoxy) is 5. The molecule has 0 spiro atoms. The summed E-state index contributed by atoms with van der Waals surface area (Å²) in [7, 11) is 0. The van der Waals surface area contributed by atoms with Crippen LogP contribution in [0.5, 0.6) is 11.5 Å². The third-order valence-electron chi connectivity index (χ3n) is 11.0. The van der Waals surface area contributed by atoms with E-state index in [-0.39, 0.29) is 77.0 Å². The van der Waals surface area contributed by atoms with Crippen molar-refractivity contribution in [2.24, 2.45) is 22.9 Å². The Bertz CT molecular complexity index is 1450. The number of oxime groups is 1. The van der Waals surface area contributed by atoms with Crippen LogP contribution in [0.25, 0.3) is 0 Å². The van der Waals surface area contributed by atoms with E-state index in [1.165, 1.54) is 0 Å². The molecule has 2 fully saturated rings. The van der Waals surface area contributed by atoms with E-state index < -0.39 is 23.8 Å². The first-order valence-corrected chi connectivity index (χ1v) is 20.2. The number of aliphatic hydroxyl groups is 3. The quantitative estimate of drug-likeness (QED) is 0.0502. The van der Waals surface area contributed by atoms with Crippen molar-refractivity contribution in [3.05, 3.63) is 60.7 Å². The first-order valence-electron chi connectivity index (χ1n) is 20.2. The molecule has 4 aliphatic rings. The molecule has 1 aromatic carbocycles. The maximum absolute atomic E-state index is 14.2. The van der Waals surface area contributed by atoms with Gasteiger partial charge in [0.2, 0.25) is 5.79 Å². The van der Waals surface area contributed by atoms with Crippen LogP contribution in [-0.2, 0) is 19.0 Å². The largest absolute Gasteiger partial charge is 0.492 e. The predicted molar refractivity (Wildman–Crippen MR) is 209 cm³/mol. The minimum Gasteiger partial charge on any atom is -0.492 e. The van der Waals surface area contributed by atoms with Gasteiger partial charge in [-0.2, -0.15) is 0 Å². The van der Waals surface area contributed by atoms with Crippen molar-refractivity contribution in [2.45, 2.75) is 76.0 Å². The predicted octanol–water partition coefficient (Wildman–Crippen LogP) is 5.06. The Morgan fingerprint density at radius 1 is 1.04 bits per heavy atom. The Kier molecular flexibility index (Phi) is 16.9. The summed E-state index contributed by atoms with van der Waals surface area (Å²) in [6, 6.07) is 5.26. The molecule has 0 radical (unpaired) electrons. The maximum Gasteiger partial charge on any atom is 0.410 e. The van der Waals surface area contributed by atoms with E-state index in [0.717, 1.165) is 62.2 Å². The number of carbonyl (C=O) groups excluding carboxylic acids is 1. The number of benzene rings is 1. The van der Waals surface area contributed by atoms with E-state index in [1.54, 1.807) is 17.1 Å². The van der Waals surface area contributed by atoms with Gasteiger partial charge in [-0.15, -0.1) is 13.2 Å². The summed E-state index contributed by atoms with van der Waals surface area (Å²) in [5.41, 5.74) is 2.67. The molecule has 2 heterocycles. The zero-order chi connectivity index (χ0) is 39.0. The molecule has 1 saturated heterocycles. The molecule has 1 saturated carbocycles. The number of rotatable bonds is 26. The van der Waals surface area contributed by atoms with E-state index >= 15 is 0 Å². The Balaban J connectivity index is 1.71. The van der Waals surface area contributed by atoms with Crippen LogP contribution in [-0.4, -0.2) is 134 Å². The Morgan fingerprint density at radius 2 is 1.84 bits per heavy atom. The minimum absolute atomic E-state index is 0.0918. The van der Waals surface area contributed by atoms with Gasteiger partial charge in [-0.3, -0.25) is 9.80 Å². The summed E-state index contributed by atoms with van der Waals surface area (Å²) >= 11 is 0. The molecule has 6 atom stereocenters. The average molecular weight is 770 g/mol. The van der Waals surface area contributed by atoms with E-state index in [9.17, 15) is 20.1 Å². The lowest BCUT2D eigenvalue weighted by atomic mass is 9.55. The number of aliphatic hydroxyl groups excluding tert-OH is 3. The lowest BCUT2D eigenvalue weighted by molar-refractivity contribution is -0.256. The van der Waals surface area contributed by atoms with Crippen LogP contribution in [0.2, 0.25) is 0 Å². The first-order chi connectivity index (χ1) is 27.0. The first kappa shape index (κ1) is 42.7. The highest BCUT2D eigenvalue weighted by atomic mass is 16.7. The lowest BCUT2D eigenvalue weighted by Gasteiger charge is -2.59. The second kappa shape index (κ2) is 21.7. The standard InChI is InChI=1S/C42H63N3O10/c1-4-7-24-52-41(49)45(19-25-50-27-22-48)38-30-36(43-54-6-3)34-28-31(12-8-10-20-46)33(13-9-11-21-47)39-35-29-32(51-26-18-44-16-17-44)14-15-37(35)55-42(38,40(34)39)53-23-5-2/h4-5,14-15,28-29,31,33,38-40,46-48H,1-2,6-13,16-27,30H2,3H3/t31-,33+,38-,39+,40+,42+/m0/s1. The molecular weight excluding hydrogens is 706 g/mol. The van der Waals surface area contributed by atoms with Crippen LogP contribution in [0.3, 0.4) is 0 Å². The zero-order valence-electron chi connectivity index (χ0n) is 32.7. The average Bonchev–Trinajstić information content (AvgIpc) is 4.02. The maximum atomic E-state index is 14.2. The number of unbranched alkanes of at least 4 members (excludes halogenated alkanes) is 2. The summed E-state index contributed by atoms with van der Waals surface area (Å²) in [5.74, 6) is -0.403. The Labute approximate surface area is 326 Å². The van der Waals surface area contributed by atoms with Gasteiger partial charge in [-0.05, 0) is 74.6 Å². The molecule has 0 bridgehead atoms. The summed E-state index contributed by atoms with van der Waals surface area (Å²) < 4.78 is 32.1. The molecule has 5 rings (SSSR count). The molecule has 2 aliphatic heterocycles. The van der Waals surface area contributed by atoms with Crippen LogP contribution < -0.4 is 9.47 Å². The number of fused-ring (bicyclic) bond motifs is 2. The fourth-order valence-corrected chi connectivity index (χ4v) is 8.48. The summed E-state index contributed by atoms with van der Waals surface area (Å²) in [5, 5.41) is 33.8. The molecule has 306 valence electrons. The number of hydrogen-bond acceptors (Lipinski definition) is 12. The van der Waals surface area contributed by atoms with Gasteiger partial charge in [0.25, 0.3) is 0 Å². The van der Waals surface area contributed by atoms with E-state index in [4.69, 9.17) is 33.7 Å². The van der Waals surface area contributed by atoms with Crippen molar-refractivity contribution >= 4 is 11.8 Å². The fourth-order valence-electron chi connectivity index (χ4n) is 8.48. The third-order valence-corrected chi connectivity index (χ3v) is 11.0. The second-order valence-electron chi connectivity index (χ2n) is 14.6. The van der Waals surface area contributed by atoms with Gasteiger partial charge in [0.1, 0.15) is 30.8 Å². The van der Waals surface area contributed by atoms with Crippen LogP contribution in [0.15, 0.2) is 60.3 Å². The lowest BCUT2D eigenvalue weighted by Crippen LogP contribution is -2.70. The van der Waals surface area contributed by atoms with Gasteiger partial charge in [-0.25, -0.2) is 4.79 Å². The summed E-state index contributed by atoms with van der Waals surface area (Å²) in [6.07, 6.45) is 10.6. The van der Waals surface area contributed by atoms with Crippen molar-refractivity contribution in [3.63, 3.8) is 0 Å². The normalized spacial score (nSPS) is 25.9. The van der Waals surface area contributed by atoms with Crippen LogP contribution in [0.4, 0.5) is 4.79 Å². The van der Waals surface area contributed by atoms with Gasteiger partial charge in [0.15, 0.2) is 0 Å². The monoisotopic (exact) mass is 769 g/mol. The van der Waals surface area contributed by atoms with Gasteiger partial charge in [0, 0.05) is 57.3 Å². The van der Waals surface area contributed by atoms with E-state index in [2.05, 4.69) is 30.2 Å². The second-order valence-corrected chi connectivity index (χ2v) is 14.6. The molecule has 1 amide bonds. The molecule has 2 aliphatic carbocycles. The van der Waals surface area contributed by atoms with Crippen LogP contribution in [0.1, 0.15) is 69.8 Å². The molecule has 0 aromatic heterocycles. The SMILES string of the molecule is C=CCCOC(=O)N(CCOCCO)[C@H]1CC(=NOCC)C2=C[C@H](CCCCO)[C@@H](CCCCO)[C@@H]3c4cc(OCCN5CC5)ccc4O[C@@]1(OCC=C)[C@H]23. The van der Waals surface area contributed by atoms with E-state index in [1.807, 2.05) is 19.1 Å². The van der Waals surface area contributed by atoms with Gasteiger partial charge < -0.3 is 43.8 Å². The third kappa shape index (κ3) is 10.7. The van der Waals surface area contributed by atoms with Crippen LogP contribution in [0, 0.1) is 17.8 Å². The molecule has 13 nitrogen and oxygen atoms in total. The van der Waals surface area contributed by atoms with Crippen molar-refractivity contribution in [1.29, 1.82) is 0 Å². The number of hydrogen-bond donors (Lipinski definition) is 3. The van der Waals surface area contributed by atoms with E-state index in [0.29, 0.717) is 43.9 Å². The Morgan fingerprint density at radius 3 is 2.55 bits per heavy atom. The molecular formula is C42H63N3O10. The number of nitrogens with zero attached hydrogens (tertiary/aromatic N) is 3. The summed E-state index contributed by atoms with van der Waals surface area (Å²) in [6.45, 7) is 14.4. The van der Waals surface area contributed by atoms with Crippen molar-refractivity contribution in [1.82, 2.24) is 9.80 Å². The highest BCUT2D eigenvalue weighted by Gasteiger charge is 2.65. The van der Waals surface area contributed by atoms with Crippen molar-refractivity contribution in [3.8, 4) is 11.5 Å². The fraction of sp³-hybridized carbons (Fsp3) is 0.667. The van der Waals surface area contributed by atoms with Gasteiger partial charge in [0.05, 0.1) is 44.7 Å². The number of amides is 1. The molecule has 13 heteroatoms. The van der Waals surface area contributed by atoms with Gasteiger partial charge in [-0.1, -0.05) is 36.2 Å². The highest BCUT2D eigenvalue weighted by Crippen LogP contribution is 2.62. The van der Waals surface area contributed by atoms with Crippen molar-refractivity contribution < 1.29 is 48.6 Å². The zero-order valence-corrected chi connectivity index (χ0v) is 32.7. The summed E-state index contributed by atoms with van der Waals surface area (Å²) in [4.78, 5) is 24.0. The molecule has 3 N–H and O–H groups in total. The number of carbonyl (C=O) groups is 1. The molecule has 55 heavy (non-hydrogen) atoms. The minimum atomic E-state index is -1.41. The molecule has 1 aromatic rings. The Hall–Kier alpha value is -3.46. The topological polar surface area (TPSA) is 152 Å². The van der Waals surface area contributed by atoms with Crippen molar-refractivity contribution in [2.75, 3.05) is 85.6 Å². The molecule has 0 unspecified atom stereocenters. The smallest absolute Gasteiger partial charge is 0.410 e. The number of allylic oxidation sites excluding steroid dienone is 1. The van der Waals surface area contributed by atoms with Gasteiger partial charge >= 0.3 is 6.09 Å². The highest BCUT2D eigenvalue weighted by molar-refractivity contribution is 6.02.